The summed E-state index contributed by atoms with van der Waals surface area (Å²) in [7, 11) is 0. The van der Waals surface area contributed by atoms with E-state index in [-0.39, 0.29) is 5.91 Å². The van der Waals surface area contributed by atoms with Gasteiger partial charge in [0.2, 0.25) is 0 Å². The zero-order valence-corrected chi connectivity index (χ0v) is 22.3. The lowest BCUT2D eigenvalue weighted by Gasteiger charge is -2.21. The fraction of sp³-hybridized carbons (Fsp3) is 0.233. The molecule has 5 aromatic rings. The minimum Gasteiger partial charge on any atom is -0.457 e. The van der Waals surface area contributed by atoms with Crippen molar-refractivity contribution in [3.05, 3.63) is 101 Å². The van der Waals surface area contributed by atoms with Crippen LogP contribution < -0.4 is 9.64 Å². The number of hydrogen-bond donors (Lipinski definition) is 0. The lowest BCUT2D eigenvalue weighted by Crippen LogP contribution is -2.34. The molecule has 0 bridgehead atoms. The van der Waals surface area contributed by atoms with Gasteiger partial charge in [-0.15, -0.1) is 0 Å². The van der Waals surface area contributed by atoms with E-state index in [1.165, 1.54) is 5.56 Å². The Bertz CT molecular complexity index is 1540. The zero-order valence-electron chi connectivity index (χ0n) is 21.5. The van der Waals surface area contributed by atoms with E-state index in [9.17, 15) is 4.79 Å². The van der Waals surface area contributed by atoms with E-state index in [0.717, 1.165) is 27.4 Å². The summed E-state index contributed by atoms with van der Waals surface area (Å²) in [5.74, 6) is 1.55. The van der Waals surface area contributed by atoms with Crippen LogP contribution in [0.5, 0.6) is 11.5 Å². The number of ether oxygens (including phenoxy) is 1. The van der Waals surface area contributed by atoms with E-state index in [0.29, 0.717) is 35.5 Å². The van der Waals surface area contributed by atoms with Crippen LogP contribution in [0.1, 0.15) is 47.1 Å². The number of benzene rings is 3. The Kier molecular flexibility index (Phi) is 7.06. The van der Waals surface area contributed by atoms with Crippen molar-refractivity contribution < 1.29 is 9.53 Å². The van der Waals surface area contributed by atoms with Crippen molar-refractivity contribution in [2.45, 2.75) is 40.2 Å². The molecule has 2 heterocycles. The summed E-state index contributed by atoms with van der Waals surface area (Å²) < 4.78 is 9.01. The highest BCUT2D eigenvalue weighted by Gasteiger charge is 2.23. The molecule has 0 aliphatic rings. The van der Waals surface area contributed by atoms with Gasteiger partial charge in [-0.05, 0) is 67.8 Å². The van der Waals surface area contributed by atoms with E-state index in [1.54, 1.807) is 22.3 Å². The third-order valence-corrected chi connectivity index (χ3v) is 7.28. The SMILES string of the molecule is Cc1cc(C)n(CCN(C(=O)c2cccc(Oc3ccccc3)c2)c2nc3c(C(C)C)cccc3s2)n1. The zero-order chi connectivity index (χ0) is 25.9. The molecule has 0 aliphatic carbocycles. The Morgan fingerprint density at radius 1 is 0.973 bits per heavy atom. The van der Waals surface area contributed by atoms with Crippen LogP contribution in [0.3, 0.4) is 0 Å². The van der Waals surface area contributed by atoms with Gasteiger partial charge in [0.05, 0.1) is 22.5 Å². The van der Waals surface area contributed by atoms with Gasteiger partial charge in [-0.2, -0.15) is 5.10 Å². The van der Waals surface area contributed by atoms with Crippen molar-refractivity contribution in [2.75, 3.05) is 11.4 Å². The Labute approximate surface area is 221 Å². The summed E-state index contributed by atoms with van der Waals surface area (Å²) in [5, 5.41) is 5.27. The molecule has 0 N–H and O–H groups in total. The lowest BCUT2D eigenvalue weighted by atomic mass is 10.0. The molecule has 0 saturated carbocycles. The van der Waals surface area contributed by atoms with Gasteiger partial charge in [0.1, 0.15) is 11.5 Å². The summed E-state index contributed by atoms with van der Waals surface area (Å²) in [4.78, 5) is 20.7. The molecule has 3 aromatic carbocycles. The van der Waals surface area contributed by atoms with Gasteiger partial charge in [0.25, 0.3) is 5.91 Å². The number of carbonyl (C=O) groups is 1. The number of nitrogens with zero attached hydrogens (tertiary/aromatic N) is 4. The van der Waals surface area contributed by atoms with Gasteiger partial charge >= 0.3 is 0 Å². The summed E-state index contributed by atoms with van der Waals surface area (Å²) in [5.41, 5.74) is 4.72. The number of anilines is 1. The number of aryl methyl sites for hydroxylation is 2. The maximum absolute atomic E-state index is 14.0. The molecule has 7 heteroatoms. The third-order valence-electron chi connectivity index (χ3n) is 6.24. The minimum atomic E-state index is -0.120. The van der Waals surface area contributed by atoms with Crippen molar-refractivity contribution in [1.82, 2.24) is 14.8 Å². The highest BCUT2D eigenvalue weighted by molar-refractivity contribution is 7.22. The van der Waals surface area contributed by atoms with Crippen molar-refractivity contribution in [2.24, 2.45) is 0 Å². The first-order valence-electron chi connectivity index (χ1n) is 12.4. The van der Waals surface area contributed by atoms with Gasteiger partial charge in [0.15, 0.2) is 5.13 Å². The second kappa shape index (κ2) is 10.6. The van der Waals surface area contributed by atoms with Gasteiger partial charge in [-0.25, -0.2) is 4.98 Å². The van der Waals surface area contributed by atoms with E-state index < -0.39 is 0 Å². The van der Waals surface area contributed by atoms with Crippen molar-refractivity contribution >= 4 is 32.6 Å². The highest BCUT2D eigenvalue weighted by atomic mass is 32.1. The van der Waals surface area contributed by atoms with Crippen LogP contribution in [0, 0.1) is 13.8 Å². The summed E-state index contributed by atoms with van der Waals surface area (Å²) in [6.45, 7) is 9.35. The van der Waals surface area contributed by atoms with E-state index >= 15 is 0 Å². The molecule has 0 fully saturated rings. The van der Waals surface area contributed by atoms with Crippen LogP contribution >= 0.6 is 11.3 Å². The van der Waals surface area contributed by atoms with Crippen LogP contribution in [-0.4, -0.2) is 27.2 Å². The van der Waals surface area contributed by atoms with Gasteiger partial charge in [-0.3, -0.25) is 14.4 Å². The number of fused-ring (bicyclic) bond motifs is 1. The standard InChI is InChI=1S/C30H30N4O2S/c1-20(2)26-14-9-15-27-28(26)31-30(37-27)33(16-17-34-22(4)18-21(3)32-34)29(35)23-10-8-13-25(19-23)36-24-11-6-5-7-12-24/h5-15,18-20H,16-17H2,1-4H3. The second-order valence-corrected chi connectivity index (χ2v) is 10.4. The fourth-order valence-electron chi connectivity index (χ4n) is 4.39. The molecule has 0 saturated heterocycles. The fourth-order valence-corrected chi connectivity index (χ4v) is 5.42. The van der Waals surface area contributed by atoms with Crippen molar-refractivity contribution in [3.8, 4) is 11.5 Å². The number of aromatic nitrogens is 3. The van der Waals surface area contributed by atoms with Gasteiger partial charge in [-0.1, -0.05) is 61.6 Å². The summed E-state index contributed by atoms with van der Waals surface area (Å²) >= 11 is 1.54. The largest absolute Gasteiger partial charge is 0.457 e. The molecule has 0 atom stereocenters. The third kappa shape index (κ3) is 5.42. The topological polar surface area (TPSA) is 60.2 Å². The molecule has 0 unspecified atom stereocenters. The number of hydrogen-bond acceptors (Lipinski definition) is 5. The molecule has 37 heavy (non-hydrogen) atoms. The predicted molar refractivity (Wildman–Crippen MR) is 150 cm³/mol. The van der Waals surface area contributed by atoms with Crippen LogP contribution in [0.25, 0.3) is 10.2 Å². The van der Waals surface area contributed by atoms with Crippen LogP contribution in [0.2, 0.25) is 0 Å². The smallest absolute Gasteiger partial charge is 0.260 e. The monoisotopic (exact) mass is 510 g/mol. The molecule has 0 spiro atoms. The van der Waals surface area contributed by atoms with Crippen molar-refractivity contribution in [1.29, 1.82) is 0 Å². The Morgan fingerprint density at radius 2 is 1.73 bits per heavy atom. The van der Waals surface area contributed by atoms with E-state index in [2.05, 4.69) is 37.1 Å². The lowest BCUT2D eigenvalue weighted by molar-refractivity contribution is 0.0985. The Hall–Kier alpha value is -3.97. The molecule has 188 valence electrons. The molecule has 0 radical (unpaired) electrons. The van der Waals surface area contributed by atoms with Crippen LogP contribution in [0.15, 0.2) is 78.9 Å². The van der Waals surface area contributed by atoms with E-state index in [4.69, 9.17) is 9.72 Å². The van der Waals surface area contributed by atoms with Gasteiger partial charge in [0, 0.05) is 17.8 Å². The number of amides is 1. The Balaban J connectivity index is 1.50. The molecular weight excluding hydrogens is 480 g/mol. The minimum absolute atomic E-state index is 0.120. The number of para-hydroxylation sites is 2. The average Bonchev–Trinajstić information content (AvgIpc) is 3.46. The highest BCUT2D eigenvalue weighted by Crippen LogP contribution is 2.34. The summed E-state index contributed by atoms with van der Waals surface area (Å²) in [6, 6.07) is 25.2. The maximum atomic E-state index is 14.0. The molecule has 5 rings (SSSR count). The quantitative estimate of drug-likeness (QED) is 0.219. The average molecular weight is 511 g/mol. The first-order valence-corrected chi connectivity index (χ1v) is 13.3. The molecule has 6 nitrogen and oxygen atoms in total. The second-order valence-electron chi connectivity index (χ2n) is 9.40. The van der Waals surface area contributed by atoms with Crippen LogP contribution in [-0.2, 0) is 6.54 Å². The predicted octanol–water partition coefficient (Wildman–Crippen LogP) is 7.37. The van der Waals surface area contributed by atoms with Crippen molar-refractivity contribution in [3.63, 3.8) is 0 Å². The first kappa shape index (κ1) is 24.7. The maximum Gasteiger partial charge on any atom is 0.260 e. The number of carbonyl (C=O) groups excluding carboxylic acids is 1. The summed E-state index contributed by atoms with van der Waals surface area (Å²) in [6.07, 6.45) is 0. The van der Waals surface area contributed by atoms with E-state index in [1.807, 2.05) is 73.1 Å². The normalized spacial score (nSPS) is 11.3. The number of thiazole rings is 1. The molecule has 0 aliphatic heterocycles. The number of rotatable bonds is 8. The molecular formula is C30H30N4O2S. The molecule has 2 aromatic heterocycles. The molecule has 1 amide bonds. The van der Waals surface area contributed by atoms with Crippen LogP contribution in [0.4, 0.5) is 5.13 Å². The Morgan fingerprint density at radius 3 is 2.46 bits per heavy atom. The van der Waals surface area contributed by atoms with Gasteiger partial charge < -0.3 is 4.74 Å². The first-order chi connectivity index (χ1) is 17.9.